The Kier molecular flexibility index (Phi) is 5.46. The van der Waals surface area contributed by atoms with Gasteiger partial charge in [-0.2, -0.15) is 5.10 Å². The van der Waals surface area contributed by atoms with E-state index in [1.54, 1.807) is 10.7 Å². The fourth-order valence-corrected chi connectivity index (χ4v) is 4.00. The lowest BCUT2D eigenvalue weighted by molar-refractivity contribution is -0.385. The molecule has 0 radical (unpaired) electrons. The number of esters is 1. The van der Waals surface area contributed by atoms with E-state index < -0.39 is 10.9 Å². The first kappa shape index (κ1) is 18.2. The van der Waals surface area contributed by atoms with E-state index in [0.29, 0.717) is 16.6 Å². The molecular weight excluding hydrogens is 356 g/mol. The number of nitro groups is 1. The average Bonchev–Trinajstić information content (AvgIpc) is 3.02. The highest BCUT2D eigenvalue weighted by atomic mass is 32.1. The number of nitrogens with zero attached hydrogens (tertiary/aromatic N) is 4. The highest BCUT2D eigenvalue weighted by Gasteiger charge is 2.22. The number of aromatic nitrogens is 2. The Morgan fingerprint density at radius 3 is 2.77 bits per heavy atom. The summed E-state index contributed by atoms with van der Waals surface area (Å²) in [5.41, 5.74) is 0.210. The molecule has 0 amide bonds. The average molecular weight is 376 g/mol. The maximum absolute atomic E-state index is 11.7. The minimum Gasteiger partial charge on any atom is -0.465 e. The molecule has 1 aliphatic carbocycles. The van der Waals surface area contributed by atoms with Gasteiger partial charge in [-0.15, -0.1) is 0 Å². The first-order valence-electron chi connectivity index (χ1n) is 8.44. The molecule has 0 aliphatic heterocycles. The number of hydrogen-bond donors (Lipinski definition) is 0. The molecule has 1 aliphatic rings. The van der Waals surface area contributed by atoms with E-state index in [9.17, 15) is 14.9 Å². The van der Waals surface area contributed by atoms with Crippen LogP contribution in [0.15, 0.2) is 23.2 Å². The van der Waals surface area contributed by atoms with Crippen LogP contribution in [0.3, 0.4) is 0 Å². The van der Waals surface area contributed by atoms with Gasteiger partial charge in [0.05, 0.1) is 18.1 Å². The molecule has 0 unspecified atom stereocenters. The molecule has 0 bridgehead atoms. The maximum Gasteiger partial charge on any atom is 0.344 e. The molecular formula is C17H20N4O4S. The van der Waals surface area contributed by atoms with Crippen molar-refractivity contribution >= 4 is 23.0 Å². The highest BCUT2D eigenvalue weighted by Crippen LogP contribution is 2.28. The number of carbonyl (C=O) groups excluding carboxylic acids is 1. The van der Waals surface area contributed by atoms with E-state index in [0.717, 1.165) is 17.6 Å². The summed E-state index contributed by atoms with van der Waals surface area (Å²) >= 11 is 1.39. The van der Waals surface area contributed by atoms with Gasteiger partial charge in [0.1, 0.15) is 10.6 Å². The van der Waals surface area contributed by atoms with E-state index >= 15 is 0 Å². The number of hydrogen-bond acceptors (Lipinski definition) is 7. The van der Waals surface area contributed by atoms with Crippen molar-refractivity contribution in [3.63, 3.8) is 0 Å². The molecule has 0 saturated heterocycles. The number of nitro benzene ring substituents is 1. The van der Waals surface area contributed by atoms with Crippen molar-refractivity contribution in [2.24, 2.45) is 12.0 Å². The molecule has 2 aromatic rings. The topological polar surface area (TPSA) is 99.6 Å². The molecule has 1 aromatic heterocycles. The van der Waals surface area contributed by atoms with E-state index in [4.69, 9.17) is 4.99 Å². The predicted molar refractivity (Wildman–Crippen MR) is 97.0 cm³/mol. The third-order valence-corrected chi connectivity index (χ3v) is 5.48. The maximum atomic E-state index is 11.7. The summed E-state index contributed by atoms with van der Waals surface area (Å²) in [5.74, 6) is -0.735. The highest BCUT2D eigenvalue weighted by molar-refractivity contribution is 7.12. The second-order valence-electron chi connectivity index (χ2n) is 6.21. The molecule has 0 atom stereocenters. The first-order chi connectivity index (χ1) is 12.5. The lowest BCUT2D eigenvalue weighted by Crippen LogP contribution is -2.18. The van der Waals surface area contributed by atoms with Gasteiger partial charge in [0.25, 0.3) is 5.69 Å². The Labute approximate surface area is 154 Å². The van der Waals surface area contributed by atoms with Crippen molar-refractivity contribution in [2.75, 3.05) is 7.11 Å². The second-order valence-corrected chi connectivity index (χ2v) is 7.17. The molecule has 0 N–H and O–H groups in total. The minimum atomic E-state index is -0.735. The van der Waals surface area contributed by atoms with Crippen molar-refractivity contribution in [2.45, 2.75) is 38.1 Å². The number of ether oxygens (including phenoxy) is 1. The molecule has 0 spiro atoms. The van der Waals surface area contributed by atoms with Gasteiger partial charge >= 0.3 is 5.97 Å². The van der Waals surface area contributed by atoms with Crippen molar-refractivity contribution in [3.8, 4) is 10.6 Å². The van der Waals surface area contributed by atoms with Crippen LogP contribution in [-0.4, -0.2) is 33.8 Å². The smallest absolute Gasteiger partial charge is 0.344 e. The monoisotopic (exact) mass is 376 g/mol. The Morgan fingerprint density at radius 2 is 2.12 bits per heavy atom. The fourth-order valence-electron chi connectivity index (χ4n) is 3.04. The predicted octanol–water partition coefficient (Wildman–Crippen LogP) is 3.08. The summed E-state index contributed by atoms with van der Waals surface area (Å²) in [6.07, 6.45) is 5.84. The van der Waals surface area contributed by atoms with Crippen LogP contribution in [0, 0.1) is 10.1 Å². The third-order valence-electron chi connectivity index (χ3n) is 4.42. The van der Waals surface area contributed by atoms with Gasteiger partial charge in [0, 0.05) is 18.7 Å². The largest absolute Gasteiger partial charge is 0.465 e. The van der Waals surface area contributed by atoms with Crippen molar-refractivity contribution in [3.05, 3.63) is 38.7 Å². The molecule has 9 heteroatoms. The SMILES string of the molecule is COC(=O)c1ccc(-c2nn(C)/c(=N\C3CCCCC3)s2)cc1[N+](=O)[O-]. The van der Waals surface area contributed by atoms with Crippen molar-refractivity contribution < 1.29 is 14.5 Å². The first-order valence-corrected chi connectivity index (χ1v) is 9.26. The lowest BCUT2D eigenvalue weighted by atomic mass is 9.96. The van der Waals surface area contributed by atoms with Crippen LogP contribution in [0.4, 0.5) is 5.69 Å². The van der Waals surface area contributed by atoms with Gasteiger partial charge in [-0.25, -0.2) is 9.48 Å². The summed E-state index contributed by atoms with van der Waals surface area (Å²) in [5, 5.41) is 16.4. The Balaban J connectivity index is 1.98. The quantitative estimate of drug-likeness (QED) is 0.464. The van der Waals surface area contributed by atoms with Crippen LogP contribution in [-0.2, 0) is 11.8 Å². The summed E-state index contributed by atoms with van der Waals surface area (Å²) in [6, 6.07) is 4.72. The molecule has 138 valence electrons. The number of rotatable bonds is 4. The van der Waals surface area contributed by atoms with E-state index in [1.807, 2.05) is 7.05 Å². The molecule has 1 heterocycles. The molecule has 8 nitrogen and oxygen atoms in total. The van der Waals surface area contributed by atoms with Crippen LogP contribution in [0.25, 0.3) is 10.6 Å². The number of carbonyl (C=O) groups is 1. The summed E-state index contributed by atoms with van der Waals surface area (Å²) in [6.45, 7) is 0. The van der Waals surface area contributed by atoms with Gasteiger partial charge < -0.3 is 4.74 Å². The van der Waals surface area contributed by atoms with Crippen molar-refractivity contribution in [1.29, 1.82) is 0 Å². The standard InChI is InChI=1S/C17H20N4O4S/c1-20-17(18-12-6-4-3-5-7-12)26-15(19-20)11-8-9-13(16(22)25-2)14(10-11)21(23)24/h8-10,12H,3-7H2,1-2H3/b18-17+. The summed E-state index contributed by atoms with van der Waals surface area (Å²) < 4.78 is 6.31. The Hall–Kier alpha value is -2.55. The third kappa shape index (κ3) is 3.82. The zero-order valence-electron chi connectivity index (χ0n) is 14.7. The Morgan fingerprint density at radius 1 is 1.38 bits per heavy atom. The van der Waals surface area contributed by atoms with Crippen LogP contribution >= 0.6 is 11.3 Å². The van der Waals surface area contributed by atoms with E-state index in [1.165, 1.54) is 49.8 Å². The summed E-state index contributed by atoms with van der Waals surface area (Å²) in [7, 11) is 3.01. The van der Waals surface area contributed by atoms with Gasteiger partial charge in [-0.3, -0.25) is 15.1 Å². The minimum absolute atomic E-state index is 0.0747. The van der Waals surface area contributed by atoms with Gasteiger partial charge in [0.15, 0.2) is 0 Å². The fraction of sp³-hybridized carbons (Fsp3) is 0.471. The molecule has 1 saturated carbocycles. The number of benzene rings is 1. The van der Waals surface area contributed by atoms with Gasteiger partial charge in [-0.1, -0.05) is 36.7 Å². The van der Waals surface area contributed by atoms with Gasteiger partial charge in [0.2, 0.25) is 4.80 Å². The number of methoxy groups -OCH3 is 1. The Bertz CT molecular complexity index is 896. The van der Waals surface area contributed by atoms with Crippen LogP contribution in [0.5, 0.6) is 0 Å². The van der Waals surface area contributed by atoms with E-state index in [2.05, 4.69) is 9.84 Å². The van der Waals surface area contributed by atoms with E-state index in [-0.39, 0.29) is 11.3 Å². The lowest BCUT2D eigenvalue weighted by Gasteiger charge is -2.16. The second kappa shape index (κ2) is 7.77. The van der Waals surface area contributed by atoms with Gasteiger partial charge in [-0.05, 0) is 18.9 Å². The number of aryl methyl sites for hydroxylation is 1. The van der Waals surface area contributed by atoms with Crippen LogP contribution in [0.1, 0.15) is 42.5 Å². The molecule has 3 rings (SSSR count). The molecule has 26 heavy (non-hydrogen) atoms. The van der Waals surface area contributed by atoms with Crippen LogP contribution < -0.4 is 4.80 Å². The zero-order chi connectivity index (χ0) is 18.7. The molecule has 1 aromatic carbocycles. The van der Waals surface area contributed by atoms with Crippen LogP contribution in [0.2, 0.25) is 0 Å². The molecule has 1 fully saturated rings. The van der Waals surface area contributed by atoms with Crippen molar-refractivity contribution in [1.82, 2.24) is 9.78 Å². The normalized spacial score (nSPS) is 15.8. The zero-order valence-corrected chi connectivity index (χ0v) is 15.5. The summed E-state index contributed by atoms with van der Waals surface area (Å²) in [4.78, 5) is 28.0.